The van der Waals surface area contributed by atoms with E-state index in [9.17, 15) is 4.79 Å². The van der Waals surface area contributed by atoms with Crippen LogP contribution >= 0.6 is 0 Å². The molecule has 3 heteroatoms. The summed E-state index contributed by atoms with van der Waals surface area (Å²) in [5, 5.41) is 6.05. The first kappa shape index (κ1) is 13.5. The minimum absolute atomic E-state index is 0.154. The van der Waals surface area contributed by atoms with Crippen LogP contribution in [0.5, 0.6) is 0 Å². The van der Waals surface area contributed by atoms with Gasteiger partial charge in [-0.2, -0.15) is 0 Å². The average Bonchev–Trinajstić information content (AvgIpc) is 2.62. The molecular weight excluding hydrogens is 284 g/mol. The Kier molecular flexibility index (Phi) is 3.24. The van der Waals surface area contributed by atoms with Crippen LogP contribution in [0.15, 0.2) is 78.9 Å². The van der Waals surface area contributed by atoms with E-state index in [1.807, 2.05) is 60.7 Å². The van der Waals surface area contributed by atoms with Crippen LogP contribution in [0, 0.1) is 0 Å². The minimum Gasteiger partial charge on any atom is -0.306 e. The maximum absolute atomic E-state index is 12.4. The highest BCUT2D eigenvalue weighted by atomic mass is 16.1. The number of hydrogen-bond acceptors (Lipinski definition) is 2. The summed E-state index contributed by atoms with van der Waals surface area (Å²) in [6, 6.07) is 25.1. The maximum atomic E-state index is 12.4. The van der Waals surface area contributed by atoms with Gasteiger partial charge in [0.05, 0.1) is 5.52 Å². The number of nitrogens with zero attached hydrogens (tertiary/aromatic N) is 1. The molecule has 0 radical (unpaired) electrons. The molecule has 4 rings (SSSR count). The predicted molar refractivity (Wildman–Crippen MR) is 93.6 cm³/mol. The van der Waals surface area contributed by atoms with E-state index in [4.69, 9.17) is 0 Å². The van der Waals surface area contributed by atoms with Gasteiger partial charge in [0.15, 0.2) is 0 Å². The molecule has 3 aromatic carbocycles. The largest absolute Gasteiger partial charge is 0.306 e. The van der Waals surface area contributed by atoms with Crippen molar-refractivity contribution in [2.75, 3.05) is 5.32 Å². The molecule has 0 bridgehead atoms. The van der Waals surface area contributed by atoms with Gasteiger partial charge in [0.2, 0.25) is 0 Å². The van der Waals surface area contributed by atoms with Crippen molar-refractivity contribution >= 4 is 33.4 Å². The van der Waals surface area contributed by atoms with Gasteiger partial charge in [-0.1, -0.05) is 60.7 Å². The molecule has 0 aliphatic heterocycles. The van der Waals surface area contributed by atoms with Crippen LogP contribution in [0.3, 0.4) is 0 Å². The van der Waals surface area contributed by atoms with E-state index in [1.54, 1.807) is 12.1 Å². The van der Waals surface area contributed by atoms with Crippen molar-refractivity contribution in [2.24, 2.45) is 0 Å². The van der Waals surface area contributed by atoms with Crippen molar-refractivity contribution in [1.29, 1.82) is 0 Å². The molecule has 0 saturated heterocycles. The normalized spacial score (nSPS) is 10.8. The lowest BCUT2D eigenvalue weighted by Crippen LogP contribution is -2.13. The molecule has 1 amide bonds. The van der Waals surface area contributed by atoms with Crippen LogP contribution < -0.4 is 5.32 Å². The zero-order valence-electron chi connectivity index (χ0n) is 12.4. The Morgan fingerprint density at radius 1 is 0.696 bits per heavy atom. The molecule has 0 atom stereocenters. The molecule has 0 saturated carbocycles. The van der Waals surface area contributed by atoms with Crippen LogP contribution in [-0.4, -0.2) is 10.9 Å². The number of benzene rings is 3. The van der Waals surface area contributed by atoms with Gasteiger partial charge in [-0.3, -0.25) is 4.79 Å². The summed E-state index contributed by atoms with van der Waals surface area (Å²) >= 11 is 0. The number of para-hydroxylation sites is 1. The third-order valence-corrected chi connectivity index (χ3v) is 3.88. The number of anilines is 1. The Bertz CT molecular complexity index is 1010. The molecule has 1 N–H and O–H groups in total. The summed E-state index contributed by atoms with van der Waals surface area (Å²) in [5.41, 5.74) is 1.49. The summed E-state index contributed by atoms with van der Waals surface area (Å²) < 4.78 is 0. The maximum Gasteiger partial charge on any atom is 0.256 e. The SMILES string of the molecule is O=C(Nc1nc2ccccc2c2ccccc12)c1ccccc1. The highest BCUT2D eigenvalue weighted by Crippen LogP contribution is 2.29. The van der Waals surface area contributed by atoms with E-state index < -0.39 is 0 Å². The first-order valence-corrected chi connectivity index (χ1v) is 7.47. The Morgan fingerprint density at radius 2 is 1.30 bits per heavy atom. The molecule has 0 aliphatic rings. The minimum atomic E-state index is -0.154. The molecule has 3 nitrogen and oxygen atoms in total. The first-order valence-electron chi connectivity index (χ1n) is 7.47. The van der Waals surface area contributed by atoms with E-state index in [1.165, 1.54) is 0 Å². The molecule has 0 fully saturated rings. The lowest BCUT2D eigenvalue weighted by molar-refractivity contribution is 0.102. The number of amides is 1. The van der Waals surface area contributed by atoms with Gasteiger partial charge in [0.1, 0.15) is 5.82 Å². The lowest BCUT2D eigenvalue weighted by atomic mass is 10.1. The predicted octanol–water partition coefficient (Wildman–Crippen LogP) is 4.64. The fourth-order valence-electron chi connectivity index (χ4n) is 2.77. The third-order valence-electron chi connectivity index (χ3n) is 3.88. The number of rotatable bonds is 2. The van der Waals surface area contributed by atoms with Crippen LogP contribution in [0.2, 0.25) is 0 Å². The second kappa shape index (κ2) is 5.54. The van der Waals surface area contributed by atoms with E-state index in [0.717, 1.165) is 21.7 Å². The summed E-state index contributed by atoms with van der Waals surface area (Å²) in [4.78, 5) is 17.1. The third kappa shape index (κ3) is 2.42. The van der Waals surface area contributed by atoms with E-state index in [0.29, 0.717) is 11.4 Å². The average molecular weight is 298 g/mol. The zero-order valence-corrected chi connectivity index (χ0v) is 12.4. The van der Waals surface area contributed by atoms with Crippen molar-refractivity contribution in [3.8, 4) is 0 Å². The molecule has 0 aliphatic carbocycles. The summed E-state index contributed by atoms with van der Waals surface area (Å²) in [6.07, 6.45) is 0. The van der Waals surface area contributed by atoms with E-state index in [-0.39, 0.29) is 5.91 Å². The molecule has 1 heterocycles. The molecule has 1 aromatic heterocycles. The van der Waals surface area contributed by atoms with Crippen LogP contribution in [0.1, 0.15) is 10.4 Å². The van der Waals surface area contributed by atoms with Crippen molar-refractivity contribution < 1.29 is 4.79 Å². The molecule has 110 valence electrons. The van der Waals surface area contributed by atoms with Crippen LogP contribution in [0.25, 0.3) is 21.7 Å². The summed E-state index contributed by atoms with van der Waals surface area (Å²) in [7, 11) is 0. The highest BCUT2D eigenvalue weighted by Gasteiger charge is 2.11. The topological polar surface area (TPSA) is 42.0 Å². The van der Waals surface area contributed by atoms with E-state index >= 15 is 0 Å². The Labute approximate surface area is 133 Å². The van der Waals surface area contributed by atoms with Crippen LogP contribution in [-0.2, 0) is 0 Å². The van der Waals surface area contributed by atoms with Gasteiger partial charge in [-0.05, 0) is 23.6 Å². The van der Waals surface area contributed by atoms with Gasteiger partial charge >= 0.3 is 0 Å². The van der Waals surface area contributed by atoms with Crippen molar-refractivity contribution in [1.82, 2.24) is 4.98 Å². The standard InChI is InChI=1S/C20H14N2O/c23-20(14-8-2-1-3-9-14)22-19-17-12-5-4-10-15(17)16-11-6-7-13-18(16)21-19/h1-13H,(H,21,22,23). The Hall–Kier alpha value is -3.20. The number of fused-ring (bicyclic) bond motifs is 3. The first-order chi connectivity index (χ1) is 11.3. The number of nitrogens with one attached hydrogen (secondary N) is 1. The molecule has 4 aromatic rings. The summed E-state index contributed by atoms with van der Waals surface area (Å²) in [6.45, 7) is 0. The quantitative estimate of drug-likeness (QED) is 0.548. The fourth-order valence-corrected chi connectivity index (χ4v) is 2.77. The monoisotopic (exact) mass is 298 g/mol. The number of hydrogen-bond donors (Lipinski definition) is 1. The molecule has 23 heavy (non-hydrogen) atoms. The Balaban J connectivity index is 1.87. The second-order valence-corrected chi connectivity index (χ2v) is 5.34. The highest BCUT2D eigenvalue weighted by molar-refractivity contribution is 6.14. The fraction of sp³-hybridized carbons (Fsp3) is 0. The van der Waals surface area contributed by atoms with Gasteiger partial charge in [0.25, 0.3) is 5.91 Å². The Morgan fingerprint density at radius 3 is 2.09 bits per heavy atom. The molecular formula is C20H14N2O. The van der Waals surface area contributed by atoms with Crippen molar-refractivity contribution in [3.05, 3.63) is 84.4 Å². The second-order valence-electron chi connectivity index (χ2n) is 5.34. The molecule has 0 spiro atoms. The summed E-state index contributed by atoms with van der Waals surface area (Å²) in [5.74, 6) is 0.437. The number of aromatic nitrogens is 1. The van der Waals surface area contributed by atoms with Crippen molar-refractivity contribution in [2.45, 2.75) is 0 Å². The van der Waals surface area contributed by atoms with Crippen LogP contribution in [0.4, 0.5) is 5.82 Å². The van der Waals surface area contributed by atoms with Crippen molar-refractivity contribution in [3.63, 3.8) is 0 Å². The van der Waals surface area contributed by atoms with Gasteiger partial charge < -0.3 is 5.32 Å². The molecule has 0 unspecified atom stereocenters. The smallest absolute Gasteiger partial charge is 0.256 e. The number of pyridine rings is 1. The van der Waals surface area contributed by atoms with Gasteiger partial charge in [0, 0.05) is 16.3 Å². The zero-order chi connectivity index (χ0) is 15.6. The van der Waals surface area contributed by atoms with Gasteiger partial charge in [-0.15, -0.1) is 0 Å². The van der Waals surface area contributed by atoms with E-state index in [2.05, 4.69) is 16.4 Å². The van der Waals surface area contributed by atoms with Gasteiger partial charge in [-0.25, -0.2) is 4.98 Å². The number of carbonyl (C=O) groups is 1. The number of carbonyl (C=O) groups excluding carboxylic acids is 1. The lowest BCUT2D eigenvalue weighted by Gasteiger charge is -2.10.